The Morgan fingerprint density at radius 1 is 1.10 bits per heavy atom. The van der Waals surface area contributed by atoms with Gasteiger partial charge in [-0.1, -0.05) is 49.7 Å². The molecule has 10 heteroatoms. The number of ether oxygens (including phenoxy) is 1. The molecule has 2 aromatic carbocycles. The Morgan fingerprint density at radius 2 is 1.85 bits per heavy atom. The average Bonchev–Trinajstić information content (AvgIpc) is 3.37. The number of aryl methyl sites for hydroxylation is 1. The summed E-state index contributed by atoms with van der Waals surface area (Å²) < 4.78 is 7.51. The molecule has 0 aliphatic carbocycles. The maximum atomic E-state index is 13.8. The predicted octanol–water partition coefficient (Wildman–Crippen LogP) is 5.96. The zero-order chi connectivity index (χ0) is 29.9. The van der Waals surface area contributed by atoms with Crippen molar-refractivity contribution >= 4 is 29.1 Å². The predicted molar refractivity (Wildman–Crippen MR) is 160 cm³/mol. The quantitative estimate of drug-likeness (QED) is 0.125. The van der Waals surface area contributed by atoms with Gasteiger partial charge in [-0.15, -0.1) is 0 Å². The lowest BCUT2D eigenvalue weighted by molar-refractivity contribution is -0.385. The number of nitro benzene ring substituents is 1. The van der Waals surface area contributed by atoms with E-state index < -0.39 is 10.8 Å². The minimum Gasteiger partial charge on any atom is -0.382 e. The van der Waals surface area contributed by atoms with Gasteiger partial charge in [0, 0.05) is 67.0 Å². The first-order valence-electron chi connectivity index (χ1n) is 13.9. The molecule has 0 saturated carbocycles. The molecule has 0 saturated heterocycles. The maximum Gasteiger partial charge on any atom is 0.273 e. The molecule has 2 amide bonds. The number of nitro groups is 1. The zero-order valence-electron chi connectivity index (χ0n) is 24.2. The highest BCUT2D eigenvalue weighted by Crippen LogP contribution is 2.21. The van der Waals surface area contributed by atoms with Gasteiger partial charge in [-0.2, -0.15) is 0 Å². The molecule has 1 heterocycles. The topological polar surface area (TPSA) is 97.9 Å². The van der Waals surface area contributed by atoms with Gasteiger partial charge < -0.3 is 19.1 Å². The number of rotatable bonds is 15. The van der Waals surface area contributed by atoms with Gasteiger partial charge in [0.2, 0.25) is 5.91 Å². The first-order valence-corrected chi connectivity index (χ1v) is 14.3. The van der Waals surface area contributed by atoms with Gasteiger partial charge >= 0.3 is 0 Å². The van der Waals surface area contributed by atoms with Gasteiger partial charge in [0.15, 0.2) is 0 Å². The van der Waals surface area contributed by atoms with Crippen molar-refractivity contribution in [3.8, 4) is 0 Å². The summed E-state index contributed by atoms with van der Waals surface area (Å²) in [5, 5.41) is 12.2. The SMILES string of the molecule is CCOCCCN(CC(=O)N(Cc1cccn1Cc1ccccc1Cl)CC(C)C)C(=O)c1ccc(C)c([N+](=O)[O-])c1. The number of carbonyl (C=O) groups excluding carboxylic acids is 2. The largest absolute Gasteiger partial charge is 0.382 e. The van der Waals surface area contributed by atoms with Crippen molar-refractivity contribution in [1.82, 2.24) is 14.4 Å². The van der Waals surface area contributed by atoms with Crippen LogP contribution in [0.4, 0.5) is 5.69 Å². The molecule has 3 aromatic rings. The van der Waals surface area contributed by atoms with E-state index in [2.05, 4.69) is 4.57 Å². The number of benzene rings is 2. The summed E-state index contributed by atoms with van der Waals surface area (Å²) in [6.45, 7) is 10.2. The van der Waals surface area contributed by atoms with Crippen LogP contribution >= 0.6 is 11.6 Å². The van der Waals surface area contributed by atoms with Crippen LogP contribution in [-0.2, 0) is 22.6 Å². The van der Waals surface area contributed by atoms with E-state index in [1.165, 1.54) is 11.0 Å². The van der Waals surface area contributed by atoms with Crippen LogP contribution in [0, 0.1) is 23.0 Å². The van der Waals surface area contributed by atoms with Crippen molar-refractivity contribution < 1.29 is 19.2 Å². The van der Waals surface area contributed by atoms with Crippen LogP contribution in [0.15, 0.2) is 60.8 Å². The molecule has 0 bridgehead atoms. The molecule has 3 rings (SSSR count). The van der Waals surface area contributed by atoms with Crippen LogP contribution in [0.2, 0.25) is 5.02 Å². The Hall–Kier alpha value is -3.69. The Kier molecular flexibility index (Phi) is 11.9. The number of hydrogen-bond acceptors (Lipinski definition) is 5. The molecule has 0 atom stereocenters. The van der Waals surface area contributed by atoms with Crippen molar-refractivity contribution in [2.24, 2.45) is 5.92 Å². The summed E-state index contributed by atoms with van der Waals surface area (Å²) in [5.41, 5.74) is 2.44. The van der Waals surface area contributed by atoms with Gasteiger partial charge in [0.25, 0.3) is 11.6 Å². The summed E-state index contributed by atoms with van der Waals surface area (Å²) in [4.78, 5) is 41.5. The van der Waals surface area contributed by atoms with Gasteiger partial charge in [0.1, 0.15) is 6.54 Å². The first-order chi connectivity index (χ1) is 19.6. The van der Waals surface area contributed by atoms with E-state index in [0.717, 1.165) is 11.3 Å². The van der Waals surface area contributed by atoms with Crippen molar-refractivity contribution in [3.05, 3.63) is 98.3 Å². The number of carbonyl (C=O) groups is 2. The van der Waals surface area contributed by atoms with Crippen LogP contribution < -0.4 is 0 Å². The minimum atomic E-state index is -0.501. The van der Waals surface area contributed by atoms with Crippen LogP contribution in [0.1, 0.15) is 54.4 Å². The van der Waals surface area contributed by atoms with E-state index in [1.54, 1.807) is 24.0 Å². The number of amides is 2. The third-order valence-electron chi connectivity index (χ3n) is 6.70. The maximum absolute atomic E-state index is 13.8. The highest BCUT2D eigenvalue weighted by molar-refractivity contribution is 6.31. The fourth-order valence-electron chi connectivity index (χ4n) is 4.59. The Bertz CT molecular complexity index is 1340. The molecular weight excluding hydrogens is 544 g/mol. The molecular formula is C31H39ClN4O5. The Labute approximate surface area is 246 Å². The molecule has 220 valence electrons. The number of hydrogen-bond donors (Lipinski definition) is 0. The third kappa shape index (κ3) is 9.16. The molecule has 0 N–H and O–H groups in total. The van der Waals surface area contributed by atoms with Gasteiger partial charge in [-0.05, 0) is 56.0 Å². The molecule has 0 unspecified atom stereocenters. The second kappa shape index (κ2) is 15.3. The second-order valence-corrected chi connectivity index (χ2v) is 10.8. The van der Waals surface area contributed by atoms with E-state index in [1.807, 2.05) is 63.4 Å². The van der Waals surface area contributed by atoms with Crippen molar-refractivity contribution in [2.75, 3.05) is 32.8 Å². The van der Waals surface area contributed by atoms with E-state index in [4.69, 9.17) is 16.3 Å². The highest BCUT2D eigenvalue weighted by atomic mass is 35.5. The monoisotopic (exact) mass is 582 g/mol. The van der Waals surface area contributed by atoms with Gasteiger partial charge in [-0.3, -0.25) is 19.7 Å². The summed E-state index contributed by atoms with van der Waals surface area (Å²) in [5.74, 6) is -0.423. The molecule has 41 heavy (non-hydrogen) atoms. The van der Waals surface area contributed by atoms with E-state index in [-0.39, 0.29) is 36.2 Å². The average molecular weight is 583 g/mol. The first kappa shape index (κ1) is 31.8. The smallest absolute Gasteiger partial charge is 0.273 e. The number of nitrogens with zero attached hydrogens (tertiary/aromatic N) is 4. The van der Waals surface area contributed by atoms with Crippen LogP contribution in [0.5, 0.6) is 0 Å². The van der Waals surface area contributed by atoms with Crippen LogP contribution in [0.3, 0.4) is 0 Å². The molecule has 0 aliphatic heterocycles. The number of aromatic nitrogens is 1. The fraction of sp³-hybridized carbons (Fsp3) is 0.419. The molecule has 9 nitrogen and oxygen atoms in total. The molecule has 1 aromatic heterocycles. The lowest BCUT2D eigenvalue weighted by atomic mass is 10.1. The molecule has 0 fully saturated rings. The van der Waals surface area contributed by atoms with E-state index >= 15 is 0 Å². The third-order valence-corrected chi connectivity index (χ3v) is 7.07. The standard InChI is InChI=1S/C31H39ClN4O5/c1-5-41-17-9-16-34(31(38)25-14-13-24(4)29(18-25)36(39)40)22-30(37)35(19-23(2)3)21-27-11-8-15-33(27)20-26-10-6-7-12-28(26)32/h6-8,10-15,18,23H,5,9,16-17,19-22H2,1-4H3. The summed E-state index contributed by atoms with van der Waals surface area (Å²) in [6, 6.07) is 16.0. The molecule has 0 spiro atoms. The van der Waals surface area contributed by atoms with E-state index in [0.29, 0.717) is 49.9 Å². The van der Waals surface area contributed by atoms with Crippen LogP contribution in [-0.4, -0.2) is 64.0 Å². The van der Waals surface area contributed by atoms with Crippen molar-refractivity contribution in [3.63, 3.8) is 0 Å². The molecule has 0 radical (unpaired) electrons. The van der Waals surface area contributed by atoms with Crippen molar-refractivity contribution in [2.45, 2.75) is 47.2 Å². The normalized spacial score (nSPS) is 11.1. The molecule has 0 aliphatic rings. The fourth-order valence-corrected chi connectivity index (χ4v) is 4.78. The summed E-state index contributed by atoms with van der Waals surface area (Å²) >= 11 is 6.39. The van der Waals surface area contributed by atoms with Gasteiger partial charge in [-0.25, -0.2) is 0 Å². The Morgan fingerprint density at radius 3 is 2.54 bits per heavy atom. The summed E-state index contributed by atoms with van der Waals surface area (Å²) in [6.07, 6.45) is 2.50. The van der Waals surface area contributed by atoms with E-state index in [9.17, 15) is 19.7 Å². The van der Waals surface area contributed by atoms with Crippen LogP contribution in [0.25, 0.3) is 0 Å². The van der Waals surface area contributed by atoms with Gasteiger partial charge in [0.05, 0.1) is 11.5 Å². The Balaban J connectivity index is 1.83. The summed E-state index contributed by atoms with van der Waals surface area (Å²) in [7, 11) is 0. The highest BCUT2D eigenvalue weighted by Gasteiger charge is 2.25. The van der Waals surface area contributed by atoms with Crippen molar-refractivity contribution in [1.29, 1.82) is 0 Å². The minimum absolute atomic E-state index is 0.128. The number of halogens is 1. The lowest BCUT2D eigenvalue weighted by Crippen LogP contribution is -2.44. The second-order valence-electron chi connectivity index (χ2n) is 10.4. The lowest BCUT2D eigenvalue weighted by Gasteiger charge is -2.29. The zero-order valence-corrected chi connectivity index (χ0v) is 25.0.